The molecule has 0 radical (unpaired) electrons. The van der Waals surface area contributed by atoms with Gasteiger partial charge >= 0.3 is 0 Å². The molecule has 0 bridgehead atoms. The largest absolute Gasteiger partial charge is 0.276 e. The molecule has 3 N–H and O–H groups in total. The fourth-order valence-corrected chi connectivity index (χ4v) is 2.05. The van der Waals surface area contributed by atoms with E-state index < -0.39 is 0 Å². The molecule has 96 valence electrons. The summed E-state index contributed by atoms with van der Waals surface area (Å²) < 4.78 is 1.80. The minimum atomic E-state index is 0.168. The van der Waals surface area contributed by atoms with Crippen molar-refractivity contribution in [1.29, 1.82) is 0 Å². The van der Waals surface area contributed by atoms with E-state index in [4.69, 9.17) is 17.4 Å². The number of hydrogen-bond acceptors (Lipinski definition) is 3. The number of hydrazine groups is 1. The lowest BCUT2D eigenvalue weighted by molar-refractivity contribution is 0.514. The summed E-state index contributed by atoms with van der Waals surface area (Å²) in [6, 6.07) is 10.00. The molecule has 4 nitrogen and oxygen atoms in total. The number of rotatable bonds is 5. The highest BCUT2D eigenvalue weighted by Crippen LogP contribution is 2.12. The Bertz CT molecular complexity index is 492. The Balaban J connectivity index is 1.99. The molecular weight excluding hydrogens is 248 g/mol. The van der Waals surface area contributed by atoms with Crippen molar-refractivity contribution in [2.24, 2.45) is 12.9 Å². The molecule has 1 atom stereocenters. The van der Waals surface area contributed by atoms with Crippen molar-refractivity contribution in [2.75, 3.05) is 0 Å². The van der Waals surface area contributed by atoms with Crippen LogP contribution in [-0.4, -0.2) is 15.8 Å². The SMILES string of the molecule is Cn1ccc(CC(Cc2ccc(Cl)cc2)NN)n1. The third-order valence-corrected chi connectivity index (χ3v) is 3.11. The molecule has 0 saturated carbocycles. The monoisotopic (exact) mass is 264 g/mol. The van der Waals surface area contributed by atoms with E-state index in [0.717, 1.165) is 23.6 Å². The van der Waals surface area contributed by atoms with Gasteiger partial charge in [-0.25, -0.2) is 0 Å². The van der Waals surface area contributed by atoms with E-state index in [1.54, 1.807) is 4.68 Å². The van der Waals surface area contributed by atoms with Gasteiger partial charge in [0.1, 0.15) is 0 Å². The van der Waals surface area contributed by atoms with Crippen LogP contribution < -0.4 is 11.3 Å². The van der Waals surface area contributed by atoms with Crippen LogP contribution in [0.25, 0.3) is 0 Å². The molecule has 1 aromatic carbocycles. The van der Waals surface area contributed by atoms with Crippen LogP contribution in [0.5, 0.6) is 0 Å². The molecule has 1 aromatic heterocycles. The standard InChI is InChI=1S/C13H17ClN4/c1-18-7-6-12(17-18)9-13(16-15)8-10-2-4-11(14)5-3-10/h2-7,13,16H,8-9,15H2,1H3. The maximum Gasteiger partial charge on any atom is 0.0640 e. The van der Waals surface area contributed by atoms with Crippen LogP contribution in [0.4, 0.5) is 0 Å². The second kappa shape index (κ2) is 6.00. The van der Waals surface area contributed by atoms with Gasteiger partial charge < -0.3 is 0 Å². The summed E-state index contributed by atoms with van der Waals surface area (Å²) >= 11 is 5.86. The first-order chi connectivity index (χ1) is 8.67. The highest BCUT2D eigenvalue weighted by molar-refractivity contribution is 6.30. The van der Waals surface area contributed by atoms with Gasteiger partial charge in [-0.3, -0.25) is 16.0 Å². The minimum Gasteiger partial charge on any atom is -0.276 e. The zero-order valence-electron chi connectivity index (χ0n) is 10.3. The first-order valence-electron chi connectivity index (χ1n) is 5.86. The summed E-state index contributed by atoms with van der Waals surface area (Å²) in [5.74, 6) is 5.59. The van der Waals surface area contributed by atoms with Gasteiger partial charge in [0.25, 0.3) is 0 Å². The average molecular weight is 265 g/mol. The number of nitrogens with two attached hydrogens (primary N) is 1. The van der Waals surface area contributed by atoms with Crippen molar-refractivity contribution < 1.29 is 0 Å². The van der Waals surface area contributed by atoms with Crippen molar-refractivity contribution in [3.63, 3.8) is 0 Å². The molecule has 0 aliphatic rings. The molecule has 0 aliphatic carbocycles. The molecule has 1 unspecified atom stereocenters. The molecule has 0 spiro atoms. The molecule has 0 fully saturated rings. The predicted molar refractivity (Wildman–Crippen MR) is 73.2 cm³/mol. The normalized spacial score (nSPS) is 12.6. The first kappa shape index (κ1) is 13.1. The molecule has 0 saturated heterocycles. The number of benzene rings is 1. The van der Waals surface area contributed by atoms with E-state index in [1.165, 1.54) is 5.56 Å². The van der Waals surface area contributed by atoms with Gasteiger partial charge in [-0.05, 0) is 30.2 Å². The third kappa shape index (κ3) is 3.57. The fourth-order valence-electron chi connectivity index (χ4n) is 1.92. The highest BCUT2D eigenvalue weighted by Gasteiger charge is 2.10. The van der Waals surface area contributed by atoms with Crippen molar-refractivity contribution in [3.05, 3.63) is 52.8 Å². The van der Waals surface area contributed by atoms with E-state index in [9.17, 15) is 0 Å². The van der Waals surface area contributed by atoms with Crippen LogP contribution in [0.1, 0.15) is 11.3 Å². The topological polar surface area (TPSA) is 55.9 Å². The molecule has 18 heavy (non-hydrogen) atoms. The lowest BCUT2D eigenvalue weighted by atomic mass is 10.0. The average Bonchev–Trinajstić information content (AvgIpc) is 2.77. The Kier molecular flexibility index (Phi) is 4.36. The van der Waals surface area contributed by atoms with Crippen LogP contribution in [0.3, 0.4) is 0 Å². The second-order valence-corrected chi connectivity index (χ2v) is 4.82. The van der Waals surface area contributed by atoms with E-state index >= 15 is 0 Å². The van der Waals surface area contributed by atoms with Crippen LogP contribution in [0.2, 0.25) is 5.02 Å². The van der Waals surface area contributed by atoms with Crippen molar-refractivity contribution in [1.82, 2.24) is 15.2 Å². The Morgan fingerprint density at radius 3 is 2.56 bits per heavy atom. The fraction of sp³-hybridized carbons (Fsp3) is 0.308. The Morgan fingerprint density at radius 1 is 1.28 bits per heavy atom. The number of aromatic nitrogens is 2. The highest BCUT2D eigenvalue weighted by atomic mass is 35.5. The van der Waals surface area contributed by atoms with Crippen molar-refractivity contribution >= 4 is 11.6 Å². The number of nitrogens with one attached hydrogen (secondary N) is 1. The van der Waals surface area contributed by atoms with Crippen molar-refractivity contribution in [2.45, 2.75) is 18.9 Å². The van der Waals surface area contributed by atoms with Gasteiger partial charge in [0.15, 0.2) is 0 Å². The van der Waals surface area contributed by atoms with Crippen LogP contribution in [-0.2, 0) is 19.9 Å². The second-order valence-electron chi connectivity index (χ2n) is 4.38. The van der Waals surface area contributed by atoms with Crippen LogP contribution >= 0.6 is 11.6 Å². The van der Waals surface area contributed by atoms with E-state index in [-0.39, 0.29) is 6.04 Å². The quantitative estimate of drug-likeness (QED) is 0.638. The summed E-state index contributed by atoms with van der Waals surface area (Å²) in [5.41, 5.74) is 5.08. The maximum absolute atomic E-state index is 5.86. The van der Waals surface area contributed by atoms with Gasteiger partial charge in [-0.15, -0.1) is 0 Å². The molecule has 2 rings (SSSR count). The van der Waals surface area contributed by atoms with E-state index in [1.807, 2.05) is 43.6 Å². The van der Waals surface area contributed by atoms with Crippen molar-refractivity contribution in [3.8, 4) is 0 Å². The summed E-state index contributed by atoms with van der Waals surface area (Å²) in [5, 5.41) is 5.10. The number of halogens is 1. The third-order valence-electron chi connectivity index (χ3n) is 2.86. The zero-order chi connectivity index (χ0) is 13.0. The molecule has 0 aliphatic heterocycles. The summed E-state index contributed by atoms with van der Waals surface area (Å²) in [4.78, 5) is 0. The number of aryl methyl sites for hydroxylation is 1. The van der Waals surface area contributed by atoms with Gasteiger partial charge in [-0.2, -0.15) is 5.10 Å². The Hall–Kier alpha value is -1.36. The van der Waals surface area contributed by atoms with E-state index in [0.29, 0.717) is 0 Å². The first-order valence-corrected chi connectivity index (χ1v) is 6.24. The molecule has 0 amide bonds. The lowest BCUT2D eigenvalue weighted by Gasteiger charge is -2.14. The summed E-state index contributed by atoms with van der Waals surface area (Å²) in [6.07, 6.45) is 3.59. The van der Waals surface area contributed by atoms with Gasteiger partial charge in [0.2, 0.25) is 0 Å². The Labute approximate surface area is 112 Å². The molecule has 5 heteroatoms. The molecule has 1 heterocycles. The van der Waals surface area contributed by atoms with E-state index in [2.05, 4.69) is 10.5 Å². The Morgan fingerprint density at radius 2 is 2.00 bits per heavy atom. The lowest BCUT2D eigenvalue weighted by Crippen LogP contribution is -2.38. The number of hydrogen-bond donors (Lipinski definition) is 2. The van der Waals surface area contributed by atoms with Gasteiger partial charge in [0, 0.05) is 30.7 Å². The summed E-state index contributed by atoms with van der Waals surface area (Å²) in [6.45, 7) is 0. The zero-order valence-corrected chi connectivity index (χ0v) is 11.1. The predicted octanol–water partition coefficient (Wildman–Crippen LogP) is 1.69. The van der Waals surface area contributed by atoms with Crippen LogP contribution in [0, 0.1) is 0 Å². The molecular formula is C13H17ClN4. The number of nitrogens with zero attached hydrogens (tertiary/aromatic N) is 2. The minimum absolute atomic E-state index is 0.168. The summed E-state index contributed by atoms with van der Waals surface area (Å²) in [7, 11) is 1.91. The molecule has 2 aromatic rings. The maximum atomic E-state index is 5.86. The van der Waals surface area contributed by atoms with Gasteiger partial charge in [-0.1, -0.05) is 23.7 Å². The van der Waals surface area contributed by atoms with Crippen LogP contribution in [0.15, 0.2) is 36.5 Å². The van der Waals surface area contributed by atoms with Gasteiger partial charge in [0.05, 0.1) is 5.69 Å². The smallest absolute Gasteiger partial charge is 0.0640 e.